The lowest BCUT2D eigenvalue weighted by Gasteiger charge is -2.26. The van der Waals surface area contributed by atoms with Crippen LogP contribution >= 0.6 is 0 Å². The van der Waals surface area contributed by atoms with Gasteiger partial charge in [0.15, 0.2) is 0 Å². The normalized spacial score (nSPS) is 20.1. The fraction of sp³-hybridized carbons (Fsp3) is 0. The Labute approximate surface area is 347 Å². The highest BCUT2D eigenvalue weighted by Gasteiger charge is 2.16. The van der Waals surface area contributed by atoms with Gasteiger partial charge in [0.05, 0.1) is 43.9 Å². The van der Waals surface area contributed by atoms with Gasteiger partial charge in [-0.05, 0) is 103 Å². The number of furan rings is 1. The van der Waals surface area contributed by atoms with Gasteiger partial charge in [-0.3, -0.25) is 0 Å². The van der Waals surface area contributed by atoms with Crippen LogP contribution in [0.2, 0.25) is 0 Å². The quantitative estimate of drug-likeness (QED) is 0.172. The third kappa shape index (κ3) is 5.12. The van der Waals surface area contributed by atoms with Gasteiger partial charge >= 0.3 is 0 Å². The number of anilines is 3. The van der Waals surface area contributed by atoms with E-state index in [1.54, 1.807) is 0 Å². The molecule has 10 rings (SSSR count). The molecule has 52 heavy (non-hydrogen) atoms. The topological polar surface area (TPSA) is 16.4 Å². The standard InChI is InChI=1S/C50H33NO/c1-3-14-42-34(10-1)12-7-17-44(42)36-22-28-39(29-23-36)51(40-30-24-37(25-31-40)45-18-8-13-35-11-2-4-15-43(35)45)41-32-26-38(27-33-41)46-19-9-21-49-50(46)47-16-5-6-20-48(47)52-49/h1-33H/i1D,2D,3D,4D,5D,6D,7D,8D,9D,10D,11D,12D,13D,14D,15D,17D,18D,19D,20D,21D,22D,23D,24D,25D,26D,27D,28D,29D,30D,31D,32D,33D. The van der Waals surface area contributed by atoms with Gasteiger partial charge in [0.1, 0.15) is 11.2 Å². The van der Waals surface area contributed by atoms with Crippen molar-refractivity contribution in [3.05, 3.63) is 199 Å². The monoisotopic (exact) mass is 695 g/mol. The molecule has 0 N–H and O–H groups in total. The molecule has 0 atom stereocenters. The van der Waals surface area contributed by atoms with Crippen LogP contribution < -0.4 is 4.90 Å². The second kappa shape index (κ2) is 12.5. The van der Waals surface area contributed by atoms with Crippen LogP contribution in [0, 0.1) is 0 Å². The Hall–Kier alpha value is -6.90. The lowest BCUT2D eigenvalue weighted by atomic mass is 9.97. The molecular formula is C50H33NO. The fourth-order valence-electron chi connectivity index (χ4n) is 5.58. The van der Waals surface area contributed by atoms with Gasteiger partial charge in [-0.1, -0.05) is 151 Å². The van der Waals surface area contributed by atoms with E-state index in [9.17, 15) is 16.4 Å². The summed E-state index contributed by atoms with van der Waals surface area (Å²) in [6.45, 7) is 0. The Morgan fingerprint density at radius 3 is 1.33 bits per heavy atom. The zero-order valence-corrected chi connectivity index (χ0v) is 25.9. The first-order chi connectivity index (χ1) is 39.1. The van der Waals surface area contributed by atoms with E-state index in [0.29, 0.717) is 0 Å². The van der Waals surface area contributed by atoms with Crippen molar-refractivity contribution in [2.24, 2.45) is 0 Å². The Morgan fingerprint density at radius 2 is 0.769 bits per heavy atom. The Bertz CT molecular complexity index is 4470. The molecule has 2 heteroatoms. The SMILES string of the molecule is [2H]c1cc2c(oc3c([2H])c([2H])c([2H])c(-c4c([2H])c([2H])c(N(c5c([2H])c([2H])c(-c6c([2H])c([2H])c([2H])c7c([2H])c([2H])c([2H])c([2H])c67)c([2H])c5[2H])c5c([2H])c([2H])c(-c6c([2H])c([2H])c([2H])c7c([2H])c([2H])c([2H])c([2H])c67)c([2H])c5[2H])c([2H])c4[2H])c32)c([2H])c1[2H]. The van der Waals surface area contributed by atoms with Crippen molar-refractivity contribution in [1.29, 1.82) is 0 Å². The van der Waals surface area contributed by atoms with Crippen LogP contribution in [0.5, 0.6) is 0 Å². The molecule has 0 bridgehead atoms. The molecule has 10 aromatic rings. The molecule has 9 aromatic carbocycles. The molecule has 0 saturated heterocycles. The zero-order chi connectivity index (χ0) is 62.3. The molecule has 0 aliphatic heterocycles. The van der Waals surface area contributed by atoms with Crippen molar-refractivity contribution in [2.45, 2.75) is 0 Å². The molecule has 0 radical (unpaired) electrons. The third-order valence-corrected chi connectivity index (χ3v) is 7.90. The molecule has 0 amide bonds. The number of para-hydroxylation sites is 1. The van der Waals surface area contributed by atoms with E-state index >= 15 is 0 Å². The van der Waals surface area contributed by atoms with Gasteiger partial charge in [0, 0.05) is 27.8 Å². The van der Waals surface area contributed by atoms with E-state index in [2.05, 4.69) is 0 Å². The van der Waals surface area contributed by atoms with Crippen molar-refractivity contribution in [3.8, 4) is 33.4 Å². The Morgan fingerprint density at radius 1 is 0.346 bits per heavy atom. The van der Waals surface area contributed by atoms with E-state index in [0.717, 1.165) is 6.07 Å². The van der Waals surface area contributed by atoms with Crippen LogP contribution in [0.3, 0.4) is 0 Å². The van der Waals surface area contributed by atoms with Crippen LogP contribution in [0.4, 0.5) is 17.1 Å². The predicted octanol–water partition coefficient (Wildman–Crippen LogP) is 14.4. The molecule has 0 fully saturated rings. The number of hydrogen-bond donors (Lipinski definition) is 0. The summed E-state index contributed by atoms with van der Waals surface area (Å²) in [5.74, 6) is 0. The van der Waals surface area contributed by atoms with Gasteiger partial charge < -0.3 is 9.32 Å². The predicted molar refractivity (Wildman–Crippen MR) is 220 cm³/mol. The number of nitrogens with zero attached hydrogens (tertiary/aromatic N) is 1. The minimum Gasteiger partial charge on any atom is -0.456 e. The molecule has 2 nitrogen and oxygen atoms in total. The van der Waals surface area contributed by atoms with Crippen LogP contribution in [-0.4, -0.2) is 0 Å². The molecule has 0 aliphatic rings. The number of hydrogen-bond acceptors (Lipinski definition) is 2. The summed E-state index contributed by atoms with van der Waals surface area (Å²) in [4.78, 5) is 0.282. The summed E-state index contributed by atoms with van der Waals surface area (Å²) in [6.07, 6.45) is 0. The highest BCUT2D eigenvalue weighted by Crippen LogP contribution is 2.41. The lowest BCUT2D eigenvalue weighted by molar-refractivity contribution is 0.669. The van der Waals surface area contributed by atoms with E-state index in [1.165, 1.54) is 0 Å². The molecule has 0 aliphatic carbocycles. The summed E-state index contributed by atoms with van der Waals surface area (Å²) in [5, 5.41) is -3.31. The maximum atomic E-state index is 9.70. The van der Waals surface area contributed by atoms with Gasteiger partial charge in [-0.2, -0.15) is 0 Å². The average Bonchev–Trinajstić information content (AvgIpc) is 0.968. The largest absolute Gasteiger partial charge is 0.456 e. The molecule has 1 aromatic heterocycles. The highest BCUT2D eigenvalue weighted by atomic mass is 16.3. The number of benzene rings is 9. The maximum absolute atomic E-state index is 9.70. The van der Waals surface area contributed by atoms with E-state index in [-0.39, 0.29) is 15.7 Å². The molecule has 0 spiro atoms. The summed E-state index contributed by atoms with van der Waals surface area (Å²) in [6, 6.07) is -31.6. The summed E-state index contributed by atoms with van der Waals surface area (Å²) < 4.78 is 293. The average molecular weight is 696 g/mol. The van der Waals surface area contributed by atoms with Crippen LogP contribution in [-0.2, 0) is 0 Å². The highest BCUT2D eigenvalue weighted by molar-refractivity contribution is 6.12. The van der Waals surface area contributed by atoms with Crippen molar-refractivity contribution in [3.63, 3.8) is 0 Å². The van der Waals surface area contributed by atoms with E-state index < -0.39 is 277 Å². The van der Waals surface area contributed by atoms with Crippen molar-refractivity contribution in [2.75, 3.05) is 4.90 Å². The summed E-state index contributed by atoms with van der Waals surface area (Å²) in [7, 11) is 0. The first kappa shape index (κ1) is 11.8. The second-order valence-electron chi connectivity index (χ2n) is 10.8. The smallest absolute Gasteiger partial charge is 0.136 e. The lowest BCUT2D eigenvalue weighted by Crippen LogP contribution is -2.09. The summed E-state index contributed by atoms with van der Waals surface area (Å²) in [5.41, 5.74) is -9.59. The third-order valence-electron chi connectivity index (χ3n) is 7.90. The first-order valence-corrected chi connectivity index (χ1v) is 15.2. The van der Waals surface area contributed by atoms with E-state index in [4.69, 9.17) is 31.8 Å². The minimum atomic E-state index is -1.32. The fourth-order valence-corrected chi connectivity index (χ4v) is 5.58. The van der Waals surface area contributed by atoms with Crippen LogP contribution in [0.15, 0.2) is 204 Å². The zero-order valence-electron chi connectivity index (χ0n) is 57.9. The summed E-state index contributed by atoms with van der Waals surface area (Å²) >= 11 is 0. The second-order valence-corrected chi connectivity index (χ2v) is 10.8. The van der Waals surface area contributed by atoms with E-state index in [1.807, 2.05) is 0 Å². The van der Waals surface area contributed by atoms with Gasteiger partial charge in [0.2, 0.25) is 0 Å². The van der Waals surface area contributed by atoms with Crippen LogP contribution in [0.25, 0.3) is 76.9 Å². The van der Waals surface area contributed by atoms with Gasteiger partial charge in [0.25, 0.3) is 0 Å². The first-order valence-electron chi connectivity index (χ1n) is 31.2. The van der Waals surface area contributed by atoms with Crippen molar-refractivity contribution < 1.29 is 48.3 Å². The Balaban J connectivity index is 1.38. The van der Waals surface area contributed by atoms with Crippen molar-refractivity contribution in [1.82, 2.24) is 0 Å². The minimum absolute atomic E-state index is 0.230. The van der Waals surface area contributed by atoms with Crippen molar-refractivity contribution >= 4 is 60.5 Å². The Kier molecular flexibility index (Phi) is 2.83. The molecule has 0 unspecified atom stereocenters. The molecule has 244 valence electrons. The molecule has 0 saturated carbocycles. The molecular weight excluding hydrogens is 631 g/mol. The molecule has 1 heterocycles. The van der Waals surface area contributed by atoms with Crippen LogP contribution in [0.1, 0.15) is 43.9 Å². The number of rotatable bonds is 6. The maximum Gasteiger partial charge on any atom is 0.136 e. The van der Waals surface area contributed by atoms with Gasteiger partial charge in [-0.25, -0.2) is 0 Å². The number of fused-ring (bicyclic) bond motifs is 5. The van der Waals surface area contributed by atoms with Gasteiger partial charge in [-0.15, -0.1) is 0 Å².